The molecule has 381 valence electrons. The van der Waals surface area contributed by atoms with E-state index in [1.807, 2.05) is 77.1 Å². The maximum atomic E-state index is 14.1. The topological polar surface area (TPSA) is 43.9 Å². The molecule has 3 heterocycles. The van der Waals surface area contributed by atoms with Crippen molar-refractivity contribution >= 4 is 33.0 Å². The number of imidazole rings is 1. The van der Waals surface area contributed by atoms with Gasteiger partial charge in [0.15, 0.2) is 0 Å². The van der Waals surface area contributed by atoms with Crippen molar-refractivity contribution in [3.05, 3.63) is 196 Å². The maximum Gasteiger partial charge on any atom is 0.126 e. The van der Waals surface area contributed by atoms with Crippen LogP contribution in [0.1, 0.15) is 148 Å². The molecule has 74 heavy (non-hydrogen) atoms. The molecule has 0 atom stereocenters. The first-order chi connectivity index (χ1) is 37.0. The Morgan fingerprint density at radius 2 is 1.26 bits per heavy atom. The van der Waals surface area contributed by atoms with Gasteiger partial charge in [-0.2, -0.15) is 0 Å². The molecule has 0 spiro atoms. The number of aryl methyl sites for hydroxylation is 2. The number of pyridine rings is 1. The second kappa shape index (κ2) is 21.0. The van der Waals surface area contributed by atoms with Crippen molar-refractivity contribution in [2.75, 3.05) is 0 Å². The van der Waals surface area contributed by atoms with Crippen LogP contribution in [0, 0.1) is 37.5 Å². The van der Waals surface area contributed by atoms with Gasteiger partial charge >= 0.3 is 0 Å². The summed E-state index contributed by atoms with van der Waals surface area (Å²) >= 11 is 0. The molecule has 1 radical (unpaired) electrons. The Labute approximate surface area is 459 Å². The normalized spacial score (nSPS) is 13.6. The number of halogens is 2. The van der Waals surface area contributed by atoms with Gasteiger partial charge in [-0.05, 0) is 134 Å². The van der Waals surface area contributed by atoms with Crippen LogP contribution in [0.2, 0.25) is 0 Å². The van der Waals surface area contributed by atoms with Crippen LogP contribution in [0.25, 0.3) is 83.6 Å². The third-order valence-corrected chi connectivity index (χ3v) is 13.7. The minimum atomic E-state index is -2.24. The molecular formula is C67H67F2IrN3O-2. The van der Waals surface area contributed by atoms with Crippen molar-refractivity contribution in [3.8, 4) is 50.6 Å². The van der Waals surface area contributed by atoms with E-state index >= 15 is 0 Å². The van der Waals surface area contributed by atoms with Crippen LogP contribution in [0.15, 0.2) is 138 Å². The van der Waals surface area contributed by atoms with Crippen LogP contribution < -0.4 is 0 Å². The molecule has 7 heteroatoms. The standard InChI is InChI=1S/C47H41F2N2O.C20H26N.Ir/c1-27(2)39-23-32(29-15-18-33(19-16-29)47(5,6)7)24-40(28(3)4)44(39)51-42-14-9-8-13-41(42)50-46(51)38-12-10-11-37-36-20-17-30(25-43(36)52-45(37)38)31-21-34(48)26-35(49)22-31;1-13(2)17-10-16(9-8-14(17)3)19-11-18(20(5,6)7)15(4)12-21-19;/h8-11,13-28H,1-7H3;8,10-13H,1-7H3;/q2*-1;/i;3D3,4D3;. The number of fused-ring (bicyclic) bond motifs is 4. The summed E-state index contributed by atoms with van der Waals surface area (Å²) < 4.78 is 83.8. The van der Waals surface area contributed by atoms with Crippen LogP contribution in [0.3, 0.4) is 0 Å². The van der Waals surface area contributed by atoms with Crippen LogP contribution in [0.4, 0.5) is 8.78 Å². The number of hydrogen-bond acceptors (Lipinski definition) is 3. The van der Waals surface area contributed by atoms with Crippen LogP contribution >= 0.6 is 0 Å². The van der Waals surface area contributed by atoms with Gasteiger partial charge in [0.25, 0.3) is 0 Å². The molecule has 0 unspecified atom stereocenters. The molecule has 0 aliphatic rings. The Balaban J connectivity index is 0.000000255. The Morgan fingerprint density at radius 1 is 0.622 bits per heavy atom. The van der Waals surface area contributed by atoms with E-state index in [0.29, 0.717) is 39.1 Å². The summed E-state index contributed by atoms with van der Waals surface area (Å²) in [4.78, 5) is 9.62. The van der Waals surface area contributed by atoms with Gasteiger partial charge in [0, 0.05) is 51.7 Å². The largest absolute Gasteiger partial charge is 0.501 e. The fourth-order valence-corrected chi connectivity index (χ4v) is 9.73. The first kappa shape index (κ1) is 46.0. The third-order valence-electron chi connectivity index (χ3n) is 13.7. The minimum absolute atomic E-state index is 0. The summed E-state index contributed by atoms with van der Waals surface area (Å²) in [5, 5.41) is 1.82. The van der Waals surface area contributed by atoms with Crippen molar-refractivity contribution in [3.63, 3.8) is 0 Å². The number of aromatic nitrogens is 3. The molecule has 4 nitrogen and oxygen atoms in total. The average molecular weight is 1170 g/mol. The summed E-state index contributed by atoms with van der Waals surface area (Å²) in [6, 6.07) is 46.7. The van der Waals surface area contributed by atoms with Crippen molar-refractivity contribution in [1.82, 2.24) is 14.5 Å². The third kappa shape index (κ3) is 10.7. The molecular weight excluding hydrogens is 1090 g/mol. The number of nitrogens with zero attached hydrogens (tertiary/aromatic N) is 3. The summed E-state index contributed by atoms with van der Waals surface area (Å²) in [6.45, 7) is 21.1. The first-order valence-corrected chi connectivity index (χ1v) is 25.2. The molecule has 0 fully saturated rings. The van der Waals surface area contributed by atoms with Crippen LogP contribution in [-0.2, 0) is 30.9 Å². The zero-order valence-electron chi connectivity index (χ0n) is 50.3. The Bertz CT molecular complexity index is 3860. The van der Waals surface area contributed by atoms with Gasteiger partial charge in [-0.3, -0.25) is 4.98 Å². The molecule has 0 bridgehead atoms. The number of para-hydroxylation sites is 2. The summed E-state index contributed by atoms with van der Waals surface area (Å²) in [5.41, 5.74) is 15.2. The molecule has 3 aromatic heterocycles. The smallest absolute Gasteiger partial charge is 0.126 e. The van der Waals surface area contributed by atoms with Gasteiger partial charge in [0.2, 0.25) is 0 Å². The maximum absolute atomic E-state index is 14.1. The van der Waals surface area contributed by atoms with Gasteiger partial charge < -0.3 is 14.0 Å². The molecule has 0 N–H and O–H groups in total. The van der Waals surface area contributed by atoms with Gasteiger partial charge in [-0.25, -0.2) is 8.78 Å². The molecule has 0 saturated heterocycles. The molecule has 0 saturated carbocycles. The van der Waals surface area contributed by atoms with Gasteiger partial charge in [0.1, 0.15) is 17.2 Å². The van der Waals surface area contributed by atoms with E-state index in [1.165, 1.54) is 52.2 Å². The van der Waals surface area contributed by atoms with E-state index in [0.717, 1.165) is 50.5 Å². The zero-order chi connectivity index (χ0) is 57.3. The second-order valence-corrected chi connectivity index (χ2v) is 22.2. The summed E-state index contributed by atoms with van der Waals surface area (Å²) in [6.07, 6.45) is 1.41. The van der Waals surface area contributed by atoms with Gasteiger partial charge in [-0.15, -0.1) is 53.1 Å². The van der Waals surface area contributed by atoms with E-state index in [-0.39, 0.29) is 59.8 Å². The Morgan fingerprint density at radius 3 is 1.88 bits per heavy atom. The van der Waals surface area contributed by atoms with E-state index in [9.17, 15) is 8.78 Å². The monoisotopic (exact) mass is 1170 g/mol. The molecule has 0 aliphatic heterocycles. The van der Waals surface area contributed by atoms with E-state index < -0.39 is 25.3 Å². The van der Waals surface area contributed by atoms with Crippen molar-refractivity contribution < 1.29 is 41.5 Å². The number of benzene rings is 7. The van der Waals surface area contributed by atoms with Crippen LogP contribution in [-0.4, -0.2) is 14.5 Å². The first-order valence-electron chi connectivity index (χ1n) is 28.2. The van der Waals surface area contributed by atoms with E-state index in [2.05, 4.69) is 119 Å². The van der Waals surface area contributed by atoms with Crippen molar-refractivity contribution in [2.24, 2.45) is 0 Å². The predicted molar refractivity (Wildman–Crippen MR) is 301 cm³/mol. The fraction of sp³-hybridized carbons (Fsp3) is 0.284. The van der Waals surface area contributed by atoms with Crippen molar-refractivity contribution in [2.45, 2.75) is 125 Å². The fourth-order valence-electron chi connectivity index (χ4n) is 9.73. The minimum Gasteiger partial charge on any atom is -0.501 e. The van der Waals surface area contributed by atoms with Gasteiger partial charge in [0.05, 0.1) is 22.4 Å². The van der Waals surface area contributed by atoms with E-state index in [4.69, 9.17) is 17.6 Å². The Kier molecular flexibility index (Phi) is 13.1. The molecule has 10 rings (SSSR count). The van der Waals surface area contributed by atoms with Crippen LogP contribution in [0.5, 0.6) is 0 Å². The molecule has 0 aliphatic carbocycles. The Hall–Kier alpha value is -6.53. The SMILES string of the molecule is CC(C)c1cc(-c2ccc(C(C)(C)C)cc2)cc(C(C)C)c1-n1c(-c2[c-]ccc3c2oc2cc(-c4cc(F)cc(F)c4)ccc23)nc2ccccc21.[2H]C([2H])([2H])c1c[c-]c(-c2cc(C(C)(C)C)c(C([2H])([2H])[2H])cn2)cc1C(C)C.[Ir]. The second-order valence-electron chi connectivity index (χ2n) is 22.2. The number of furan rings is 1. The molecule has 0 amide bonds. The zero-order valence-corrected chi connectivity index (χ0v) is 46.7. The van der Waals surface area contributed by atoms with E-state index in [1.54, 1.807) is 12.1 Å². The summed E-state index contributed by atoms with van der Waals surface area (Å²) in [7, 11) is 0. The molecule has 10 aromatic rings. The van der Waals surface area contributed by atoms with Crippen molar-refractivity contribution in [1.29, 1.82) is 0 Å². The molecule has 7 aromatic carbocycles. The average Bonchev–Trinajstić information content (AvgIpc) is 4.07. The van der Waals surface area contributed by atoms with Gasteiger partial charge in [-0.1, -0.05) is 155 Å². The quantitative estimate of drug-likeness (QED) is 0.142. The summed E-state index contributed by atoms with van der Waals surface area (Å²) in [5.74, 6) is -0.0476. The number of rotatable bonds is 8. The number of hydrogen-bond donors (Lipinski definition) is 0. The predicted octanol–water partition coefficient (Wildman–Crippen LogP) is 19.1.